The molecular weight excluding hydrogens is 314 g/mol. The third-order valence-electron chi connectivity index (χ3n) is 2.20. The van der Waals surface area contributed by atoms with E-state index >= 15 is 0 Å². The largest absolute Gasteiger partial charge is 0.480 e. The summed E-state index contributed by atoms with van der Waals surface area (Å²) in [4.78, 5) is 9.65. The fourth-order valence-electron chi connectivity index (χ4n) is 1.43. The van der Waals surface area contributed by atoms with Gasteiger partial charge in [-0.2, -0.15) is 0 Å². The molecule has 2 heterocycles. The summed E-state index contributed by atoms with van der Waals surface area (Å²) in [6, 6.07) is 2.36. The van der Waals surface area contributed by atoms with E-state index in [9.17, 15) is 0 Å². The molecule has 2 rings (SSSR count). The number of nitrogens with zero attached hydrogens (tertiary/aromatic N) is 2. The van der Waals surface area contributed by atoms with E-state index in [0.717, 1.165) is 20.0 Å². The first kappa shape index (κ1) is 13.3. The second kappa shape index (κ2) is 5.67. The third-order valence-corrected chi connectivity index (χ3v) is 3.75. The van der Waals surface area contributed by atoms with Gasteiger partial charge in [-0.15, -0.1) is 0 Å². The summed E-state index contributed by atoms with van der Waals surface area (Å²) in [7, 11) is 1.60. The molecule has 0 aliphatic carbocycles. The van der Waals surface area contributed by atoms with Crippen molar-refractivity contribution in [3.8, 4) is 16.3 Å². The van der Waals surface area contributed by atoms with Crippen molar-refractivity contribution in [1.82, 2.24) is 9.97 Å². The molecule has 0 aromatic carbocycles. The minimum Gasteiger partial charge on any atom is -0.480 e. The molecule has 6 heteroatoms. The van der Waals surface area contributed by atoms with Gasteiger partial charge in [0.25, 0.3) is 0 Å². The van der Waals surface area contributed by atoms with E-state index in [0.29, 0.717) is 11.9 Å². The molecule has 2 aromatic heterocycles. The minimum absolute atomic E-state index is 0.379. The molecule has 0 saturated heterocycles. The second-order valence-corrected chi connectivity index (χ2v) is 5.93. The summed E-state index contributed by atoms with van der Waals surface area (Å²) < 4.78 is 5.95. The minimum atomic E-state index is 0.379. The quantitative estimate of drug-likeness (QED) is 0.927. The Balaban J connectivity index is 2.26. The lowest BCUT2D eigenvalue weighted by atomic mass is 10.2. The summed E-state index contributed by atoms with van der Waals surface area (Å²) in [6.07, 6.45) is 3.64. The molecule has 0 saturated carbocycles. The SMILES string of the molecule is COc1ncc(-c2cnc(NC(C)C)s2)cc1Br. The van der Waals surface area contributed by atoms with Crippen LogP contribution in [0.5, 0.6) is 5.88 Å². The van der Waals surface area contributed by atoms with Crippen molar-refractivity contribution in [3.05, 3.63) is 22.9 Å². The molecule has 4 nitrogen and oxygen atoms in total. The Hall–Kier alpha value is -1.14. The smallest absolute Gasteiger partial charge is 0.227 e. The molecule has 1 N–H and O–H groups in total. The van der Waals surface area contributed by atoms with E-state index in [4.69, 9.17) is 4.74 Å². The van der Waals surface area contributed by atoms with Crippen molar-refractivity contribution in [1.29, 1.82) is 0 Å². The lowest BCUT2D eigenvalue weighted by molar-refractivity contribution is 0.395. The van der Waals surface area contributed by atoms with Gasteiger partial charge in [-0.3, -0.25) is 0 Å². The Morgan fingerprint density at radius 1 is 1.33 bits per heavy atom. The summed E-state index contributed by atoms with van der Waals surface area (Å²) in [5.74, 6) is 0.587. The van der Waals surface area contributed by atoms with Crippen LogP contribution in [0.1, 0.15) is 13.8 Å². The molecule has 96 valence electrons. The van der Waals surface area contributed by atoms with Gasteiger partial charge in [0.1, 0.15) is 0 Å². The van der Waals surface area contributed by atoms with Gasteiger partial charge in [-0.05, 0) is 35.8 Å². The fourth-order valence-corrected chi connectivity index (χ4v) is 2.89. The van der Waals surface area contributed by atoms with E-state index in [1.54, 1.807) is 24.6 Å². The number of hydrogen-bond acceptors (Lipinski definition) is 5. The molecule has 0 aliphatic heterocycles. The molecule has 0 amide bonds. The highest BCUT2D eigenvalue weighted by Crippen LogP contribution is 2.32. The first-order valence-electron chi connectivity index (χ1n) is 5.52. The van der Waals surface area contributed by atoms with Gasteiger partial charge in [0.05, 0.1) is 16.5 Å². The Labute approximate surface area is 119 Å². The Morgan fingerprint density at radius 3 is 2.72 bits per heavy atom. The van der Waals surface area contributed by atoms with E-state index in [1.807, 2.05) is 12.3 Å². The average Bonchev–Trinajstić information content (AvgIpc) is 2.76. The molecule has 18 heavy (non-hydrogen) atoms. The van der Waals surface area contributed by atoms with Gasteiger partial charge >= 0.3 is 0 Å². The van der Waals surface area contributed by atoms with Gasteiger partial charge in [0.2, 0.25) is 5.88 Å². The number of anilines is 1. The molecule has 2 aromatic rings. The second-order valence-electron chi connectivity index (χ2n) is 4.04. The van der Waals surface area contributed by atoms with Crippen molar-refractivity contribution >= 4 is 32.4 Å². The number of pyridine rings is 1. The highest BCUT2D eigenvalue weighted by atomic mass is 79.9. The van der Waals surface area contributed by atoms with Gasteiger partial charge in [-0.1, -0.05) is 11.3 Å². The number of aromatic nitrogens is 2. The van der Waals surface area contributed by atoms with Crippen LogP contribution in [0.25, 0.3) is 10.4 Å². The number of rotatable bonds is 4. The summed E-state index contributed by atoms with van der Waals surface area (Å²) in [5, 5.41) is 4.21. The molecule has 0 fully saturated rings. The number of ether oxygens (including phenoxy) is 1. The van der Waals surface area contributed by atoms with Crippen LogP contribution in [0.4, 0.5) is 5.13 Å². The Morgan fingerprint density at radius 2 is 2.11 bits per heavy atom. The number of methoxy groups -OCH3 is 1. The molecule has 0 radical (unpaired) electrons. The van der Waals surface area contributed by atoms with E-state index < -0.39 is 0 Å². The van der Waals surface area contributed by atoms with Crippen molar-refractivity contribution in [2.24, 2.45) is 0 Å². The lowest BCUT2D eigenvalue weighted by Crippen LogP contribution is -2.08. The first-order chi connectivity index (χ1) is 8.60. The van der Waals surface area contributed by atoms with Crippen molar-refractivity contribution in [3.63, 3.8) is 0 Å². The van der Waals surface area contributed by atoms with E-state index in [1.165, 1.54) is 0 Å². The van der Waals surface area contributed by atoms with Crippen LogP contribution < -0.4 is 10.1 Å². The predicted octanol–water partition coefficient (Wildman–Crippen LogP) is 3.80. The van der Waals surface area contributed by atoms with E-state index in [-0.39, 0.29) is 0 Å². The number of hydrogen-bond donors (Lipinski definition) is 1. The van der Waals surface area contributed by atoms with Crippen LogP contribution in [0, 0.1) is 0 Å². The summed E-state index contributed by atoms with van der Waals surface area (Å²) in [5.41, 5.74) is 1.02. The molecule has 0 unspecified atom stereocenters. The number of halogens is 1. The van der Waals surface area contributed by atoms with Crippen molar-refractivity contribution in [2.75, 3.05) is 12.4 Å². The highest BCUT2D eigenvalue weighted by molar-refractivity contribution is 9.10. The molecule has 0 atom stereocenters. The van der Waals surface area contributed by atoms with Crippen LogP contribution in [0.3, 0.4) is 0 Å². The Kier molecular flexibility index (Phi) is 4.19. The molecule has 0 spiro atoms. The maximum Gasteiger partial charge on any atom is 0.227 e. The zero-order valence-corrected chi connectivity index (χ0v) is 12.8. The Bertz CT molecular complexity index is 542. The maximum absolute atomic E-state index is 5.11. The van der Waals surface area contributed by atoms with Crippen LogP contribution in [0.15, 0.2) is 22.9 Å². The normalized spacial score (nSPS) is 10.7. The van der Waals surface area contributed by atoms with Crippen molar-refractivity contribution in [2.45, 2.75) is 19.9 Å². The molecular formula is C12H14BrN3OS. The maximum atomic E-state index is 5.11. The lowest BCUT2D eigenvalue weighted by Gasteiger charge is -2.04. The summed E-state index contributed by atoms with van der Waals surface area (Å²) >= 11 is 5.05. The molecule has 0 bridgehead atoms. The first-order valence-corrected chi connectivity index (χ1v) is 7.13. The predicted molar refractivity (Wildman–Crippen MR) is 78.4 cm³/mol. The van der Waals surface area contributed by atoms with Gasteiger partial charge in [0, 0.05) is 24.0 Å². The topological polar surface area (TPSA) is 47.0 Å². The molecule has 0 aliphatic rings. The van der Waals surface area contributed by atoms with Crippen LogP contribution in [-0.2, 0) is 0 Å². The van der Waals surface area contributed by atoms with E-state index in [2.05, 4.69) is 45.1 Å². The number of nitrogens with one attached hydrogen (secondary N) is 1. The van der Waals surface area contributed by atoms with Gasteiger partial charge < -0.3 is 10.1 Å². The fraction of sp³-hybridized carbons (Fsp3) is 0.333. The van der Waals surface area contributed by atoms with Crippen LogP contribution in [0.2, 0.25) is 0 Å². The standard InChI is InChI=1S/C12H14BrN3OS/c1-7(2)16-12-15-6-10(18-12)8-4-9(13)11(17-3)14-5-8/h4-7H,1-3H3,(H,15,16). The van der Waals surface area contributed by atoms with Crippen LogP contribution in [-0.4, -0.2) is 23.1 Å². The van der Waals surface area contributed by atoms with Crippen molar-refractivity contribution < 1.29 is 4.74 Å². The number of thiazole rings is 1. The zero-order valence-electron chi connectivity index (χ0n) is 10.4. The monoisotopic (exact) mass is 327 g/mol. The van der Waals surface area contributed by atoms with Crippen LogP contribution >= 0.6 is 27.3 Å². The average molecular weight is 328 g/mol. The third kappa shape index (κ3) is 3.00. The van der Waals surface area contributed by atoms with Gasteiger partial charge in [0.15, 0.2) is 5.13 Å². The zero-order chi connectivity index (χ0) is 13.1. The van der Waals surface area contributed by atoms with Gasteiger partial charge in [-0.25, -0.2) is 9.97 Å². The summed E-state index contributed by atoms with van der Waals surface area (Å²) in [6.45, 7) is 4.18. The highest BCUT2D eigenvalue weighted by Gasteiger charge is 2.08.